The van der Waals surface area contributed by atoms with Gasteiger partial charge in [-0.25, -0.2) is 9.69 Å². The lowest BCUT2D eigenvalue weighted by atomic mass is 10.1. The predicted molar refractivity (Wildman–Crippen MR) is 78.1 cm³/mol. The lowest BCUT2D eigenvalue weighted by Crippen LogP contribution is -2.32. The highest BCUT2D eigenvalue weighted by atomic mass is 16.3. The molecule has 1 aliphatic rings. The molecular weight excluding hydrogens is 268 g/mol. The number of nitrogens with zero attached hydrogens (tertiary/aromatic N) is 1. The second-order valence-electron chi connectivity index (χ2n) is 4.88. The largest absolute Gasteiger partial charge is 0.508 e. The van der Waals surface area contributed by atoms with Crippen molar-refractivity contribution in [2.75, 3.05) is 4.90 Å². The molecule has 0 aromatic heterocycles. The van der Waals surface area contributed by atoms with E-state index in [-0.39, 0.29) is 11.7 Å². The van der Waals surface area contributed by atoms with E-state index in [0.717, 1.165) is 10.5 Å². The van der Waals surface area contributed by atoms with Crippen LogP contribution >= 0.6 is 0 Å². The number of nitrogens with one attached hydrogen (secondary N) is 1. The number of rotatable bonds is 3. The van der Waals surface area contributed by atoms with E-state index < -0.39 is 12.1 Å². The third-order valence-corrected chi connectivity index (χ3v) is 3.41. The van der Waals surface area contributed by atoms with Crippen molar-refractivity contribution in [2.24, 2.45) is 0 Å². The molecule has 1 heterocycles. The Hall–Kier alpha value is -2.82. The van der Waals surface area contributed by atoms with Crippen molar-refractivity contribution in [1.82, 2.24) is 5.32 Å². The molecule has 5 heteroatoms. The molecule has 1 unspecified atom stereocenters. The van der Waals surface area contributed by atoms with Gasteiger partial charge in [0.15, 0.2) is 0 Å². The number of phenols is 1. The van der Waals surface area contributed by atoms with E-state index >= 15 is 0 Å². The molecule has 2 N–H and O–H groups in total. The Labute approximate surface area is 121 Å². The molecule has 2 aromatic carbocycles. The molecule has 0 aliphatic carbocycles. The van der Waals surface area contributed by atoms with E-state index in [9.17, 15) is 14.7 Å². The Morgan fingerprint density at radius 2 is 1.67 bits per heavy atom. The molecule has 3 rings (SSSR count). The molecule has 21 heavy (non-hydrogen) atoms. The fourth-order valence-electron chi connectivity index (χ4n) is 2.36. The van der Waals surface area contributed by atoms with Crippen molar-refractivity contribution < 1.29 is 14.7 Å². The quantitative estimate of drug-likeness (QED) is 0.847. The number of carbonyl (C=O) groups is 2. The minimum absolute atomic E-state index is 0.173. The topological polar surface area (TPSA) is 69.6 Å². The number of hydrogen-bond acceptors (Lipinski definition) is 3. The van der Waals surface area contributed by atoms with Crippen LogP contribution in [0.1, 0.15) is 5.56 Å². The van der Waals surface area contributed by atoms with Crippen LogP contribution in [0.5, 0.6) is 5.75 Å². The van der Waals surface area contributed by atoms with Crippen LogP contribution in [-0.4, -0.2) is 23.1 Å². The number of aromatic hydroxyl groups is 1. The number of carbonyl (C=O) groups excluding carboxylic acids is 2. The van der Waals surface area contributed by atoms with E-state index in [4.69, 9.17) is 0 Å². The number of para-hydroxylation sites is 1. The van der Waals surface area contributed by atoms with Gasteiger partial charge in [-0.15, -0.1) is 0 Å². The average Bonchev–Trinajstić information content (AvgIpc) is 2.77. The summed E-state index contributed by atoms with van der Waals surface area (Å²) in [6.07, 6.45) is 0.397. The van der Waals surface area contributed by atoms with E-state index in [2.05, 4.69) is 5.32 Å². The van der Waals surface area contributed by atoms with Crippen molar-refractivity contribution in [1.29, 1.82) is 0 Å². The first-order valence-corrected chi connectivity index (χ1v) is 6.62. The monoisotopic (exact) mass is 282 g/mol. The highest BCUT2D eigenvalue weighted by Crippen LogP contribution is 2.21. The van der Waals surface area contributed by atoms with Crippen molar-refractivity contribution in [2.45, 2.75) is 12.5 Å². The summed E-state index contributed by atoms with van der Waals surface area (Å²) in [6.45, 7) is 0. The van der Waals surface area contributed by atoms with Gasteiger partial charge in [-0.3, -0.25) is 4.79 Å². The molecule has 1 aliphatic heterocycles. The van der Waals surface area contributed by atoms with Crippen molar-refractivity contribution in [3.8, 4) is 5.75 Å². The highest BCUT2D eigenvalue weighted by molar-refractivity contribution is 6.21. The zero-order valence-electron chi connectivity index (χ0n) is 11.2. The second-order valence-corrected chi connectivity index (χ2v) is 4.88. The van der Waals surface area contributed by atoms with Gasteiger partial charge in [0.2, 0.25) is 0 Å². The number of amides is 3. The summed E-state index contributed by atoms with van der Waals surface area (Å²) in [6, 6.07) is 14.4. The summed E-state index contributed by atoms with van der Waals surface area (Å²) in [7, 11) is 0. The van der Waals surface area contributed by atoms with Crippen LogP contribution in [0.25, 0.3) is 0 Å². The van der Waals surface area contributed by atoms with Crippen LogP contribution in [0.2, 0.25) is 0 Å². The number of imide groups is 1. The molecule has 0 saturated carbocycles. The van der Waals surface area contributed by atoms with E-state index in [1.165, 1.54) is 0 Å². The number of urea groups is 1. The fourth-order valence-corrected chi connectivity index (χ4v) is 2.36. The molecule has 0 radical (unpaired) electrons. The molecule has 1 fully saturated rings. The van der Waals surface area contributed by atoms with Crippen LogP contribution in [0.15, 0.2) is 54.6 Å². The third kappa shape index (κ3) is 2.58. The van der Waals surface area contributed by atoms with Crippen LogP contribution in [-0.2, 0) is 11.2 Å². The number of anilines is 1. The summed E-state index contributed by atoms with van der Waals surface area (Å²) < 4.78 is 0. The third-order valence-electron chi connectivity index (χ3n) is 3.41. The standard InChI is InChI=1S/C16H14N2O3/c19-13-8-6-11(7-9-13)10-14-15(20)18(16(21)17-14)12-4-2-1-3-5-12/h1-9,14,19H,10H2,(H,17,21). The number of hydrogen-bond donors (Lipinski definition) is 2. The Balaban J connectivity index is 1.79. The van der Waals surface area contributed by atoms with Crippen LogP contribution in [0.4, 0.5) is 10.5 Å². The first-order chi connectivity index (χ1) is 10.1. The maximum absolute atomic E-state index is 12.4. The molecular formula is C16H14N2O3. The van der Waals surface area contributed by atoms with Gasteiger partial charge < -0.3 is 10.4 Å². The summed E-state index contributed by atoms with van der Waals surface area (Å²) in [5, 5.41) is 11.9. The average molecular weight is 282 g/mol. The summed E-state index contributed by atoms with van der Waals surface area (Å²) in [5.41, 5.74) is 1.44. The zero-order valence-corrected chi connectivity index (χ0v) is 11.2. The van der Waals surface area contributed by atoms with Gasteiger partial charge in [0.25, 0.3) is 5.91 Å². The van der Waals surface area contributed by atoms with Crippen molar-refractivity contribution in [3.63, 3.8) is 0 Å². The molecule has 0 spiro atoms. The predicted octanol–water partition coefficient (Wildman–Crippen LogP) is 2.06. The first-order valence-electron chi connectivity index (χ1n) is 6.62. The number of phenolic OH excluding ortho intramolecular Hbond substituents is 1. The van der Waals surface area contributed by atoms with Gasteiger partial charge in [0, 0.05) is 6.42 Å². The molecule has 3 amide bonds. The highest BCUT2D eigenvalue weighted by Gasteiger charge is 2.38. The molecule has 106 valence electrons. The Kier molecular flexibility index (Phi) is 3.31. The zero-order chi connectivity index (χ0) is 14.8. The smallest absolute Gasteiger partial charge is 0.329 e. The van der Waals surface area contributed by atoms with Gasteiger partial charge in [-0.2, -0.15) is 0 Å². The van der Waals surface area contributed by atoms with Crippen molar-refractivity contribution >= 4 is 17.6 Å². The van der Waals surface area contributed by atoms with Crippen LogP contribution in [0, 0.1) is 0 Å². The Morgan fingerprint density at radius 1 is 1.00 bits per heavy atom. The van der Waals surface area contributed by atoms with Crippen molar-refractivity contribution in [3.05, 3.63) is 60.2 Å². The fraction of sp³-hybridized carbons (Fsp3) is 0.125. The lowest BCUT2D eigenvalue weighted by Gasteiger charge is -2.12. The maximum atomic E-state index is 12.4. The van der Waals surface area contributed by atoms with Gasteiger partial charge in [-0.1, -0.05) is 30.3 Å². The van der Waals surface area contributed by atoms with Crippen LogP contribution < -0.4 is 10.2 Å². The minimum atomic E-state index is -0.581. The Morgan fingerprint density at radius 3 is 2.33 bits per heavy atom. The van der Waals surface area contributed by atoms with Gasteiger partial charge in [-0.05, 0) is 29.8 Å². The van der Waals surface area contributed by atoms with Gasteiger partial charge >= 0.3 is 6.03 Å². The minimum Gasteiger partial charge on any atom is -0.508 e. The SMILES string of the molecule is O=C1NC(Cc2ccc(O)cc2)C(=O)N1c1ccccc1. The summed E-state index contributed by atoms with van der Waals surface area (Å²) >= 11 is 0. The maximum Gasteiger partial charge on any atom is 0.329 e. The first kappa shape index (κ1) is 13.2. The molecule has 0 bridgehead atoms. The number of benzene rings is 2. The van der Waals surface area contributed by atoms with E-state index in [1.807, 2.05) is 6.07 Å². The molecule has 1 atom stereocenters. The Bertz CT molecular complexity index is 668. The van der Waals surface area contributed by atoms with Gasteiger partial charge in [0.1, 0.15) is 11.8 Å². The lowest BCUT2D eigenvalue weighted by molar-refractivity contribution is -0.118. The molecule has 1 saturated heterocycles. The summed E-state index contributed by atoms with van der Waals surface area (Å²) in [4.78, 5) is 25.5. The van der Waals surface area contributed by atoms with E-state index in [0.29, 0.717) is 12.1 Å². The molecule has 5 nitrogen and oxygen atoms in total. The summed E-state index contributed by atoms with van der Waals surface area (Å²) in [5.74, 6) is -0.0919. The second kappa shape index (κ2) is 5.28. The van der Waals surface area contributed by atoms with Gasteiger partial charge in [0.05, 0.1) is 5.69 Å². The van der Waals surface area contributed by atoms with Crippen LogP contribution in [0.3, 0.4) is 0 Å². The van der Waals surface area contributed by atoms with E-state index in [1.54, 1.807) is 48.5 Å². The normalized spacial score (nSPS) is 17.9. The molecule has 2 aromatic rings.